The van der Waals surface area contributed by atoms with E-state index in [2.05, 4.69) is 4.98 Å². The number of aromatic nitrogens is 2. The topological polar surface area (TPSA) is 34.4 Å². The van der Waals surface area contributed by atoms with Crippen molar-refractivity contribution >= 4 is 11.3 Å². The average Bonchev–Trinajstić information content (AvgIpc) is 2.55. The first-order valence-corrected chi connectivity index (χ1v) is 5.12. The third kappa shape index (κ3) is 1.54. The largest absolute Gasteiger partial charge is 0.303 e. The number of rotatable bonds is 2. The molecule has 0 atom stereocenters. The van der Waals surface area contributed by atoms with Gasteiger partial charge in [-0.2, -0.15) is 0 Å². The van der Waals surface area contributed by atoms with Crippen LogP contribution in [0.15, 0.2) is 18.3 Å². The molecule has 0 saturated carbocycles. The molecule has 3 heteroatoms. The molecule has 0 spiro atoms. The fraction of sp³-hybridized carbons (Fsp3) is 0.333. The molecule has 3 nitrogen and oxygen atoms in total. The number of carbonyl (C=O) groups is 1. The van der Waals surface area contributed by atoms with E-state index in [-0.39, 0.29) is 5.78 Å². The van der Waals surface area contributed by atoms with Crippen LogP contribution in [0.1, 0.15) is 35.7 Å². The fourth-order valence-corrected chi connectivity index (χ4v) is 1.76. The van der Waals surface area contributed by atoms with Gasteiger partial charge in [-0.1, -0.05) is 6.92 Å². The van der Waals surface area contributed by atoms with E-state index in [1.165, 1.54) is 0 Å². The summed E-state index contributed by atoms with van der Waals surface area (Å²) >= 11 is 0. The predicted molar refractivity (Wildman–Crippen MR) is 59.3 cm³/mol. The summed E-state index contributed by atoms with van der Waals surface area (Å²) in [4.78, 5) is 15.8. The van der Waals surface area contributed by atoms with Crippen LogP contribution in [0.5, 0.6) is 0 Å². The summed E-state index contributed by atoms with van der Waals surface area (Å²) in [6.07, 6.45) is 2.81. The number of Topliss-reactive ketones (excluding diaryl/α,β-unsaturated/α-hetero) is 1. The zero-order valence-corrected chi connectivity index (χ0v) is 9.24. The van der Waals surface area contributed by atoms with Gasteiger partial charge in [-0.15, -0.1) is 0 Å². The minimum Gasteiger partial charge on any atom is -0.303 e. The molecule has 2 aromatic rings. The van der Waals surface area contributed by atoms with Crippen LogP contribution >= 0.6 is 0 Å². The van der Waals surface area contributed by atoms with E-state index in [0.717, 1.165) is 23.3 Å². The molecule has 2 rings (SSSR count). The van der Waals surface area contributed by atoms with E-state index in [0.29, 0.717) is 5.69 Å². The Kier molecular flexibility index (Phi) is 2.31. The number of aryl methyl sites for hydroxylation is 2. The first kappa shape index (κ1) is 9.90. The quantitative estimate of drug-likeness (QED) is 0.701. The van der Waals surface area contributed by atoms with Crippen molar-refractivity contribution in [2.45, 2.75) is 27.2 Å². The first-order chi connectivity index (χ1) is 7.13. The zero-order valence-electron chi connectivity index (χ0n) is 9.24. The maximum Gasteiger partial charge on any atom is 0.180 e. The first-order valence-electron chi connectivity index (χ1n) is 5.12. The average molecular weight is 202 g/mol. The Labute approximate surface area is 88.8 Å². The number of ketones is 1. The van der Waals surface area contributed by atoms with Crippen molar-refractivity contribution in [3.63, 3.8) is 0 Å². The SMILES string of the molecule is CCc1nc(C(C)=O)c2cc(C)ccn12. The molecular formula is C12H14N2O. The Bertz CT molecular complexity index is 526. The minimum atomic E-state index is 0.0257. The molecule has 0 aliphatic rings. The van der Waals surface area contributed by atoms with Gasteiger partial charge in [-0.05, 0) is 24.6 Å². The van der Waals surface area contributed by atoms with Gasteiger partial charge in [0.1, 0.15) is 11.5 Å². The van der Waals surface area contributed by atoms with Crippen LogP contribution in [0.2, 0.25) is 0 Å². The molecule has 78 valence electrons. The molecule has 0 aliphatic heterocycles. The molecular weight excluding hydrogens is 188 g/mol. The van der Waals surface area contributed by atoms with Gasteiger partial charge in [0.05, 0.1) is 5.52 Å². The van der Waals surface area contributed by atoms with E-state index in [9.17, 15) is 4.79 Å². The molecule has 0 amide bonds. The highest BCUT2D eigenvalue weighted by Crippen LogP contribution is 2.15. The summed E-state index contributed by atoms with van der Waals surface area (Å²) in [5.41, 5.74) is 2.64. The fourth-order valence-electron chi connectivity index (χ4n) is 1.76. The van der Waals surface area contributed by atoms with Crippen molar-refractivity contribution in [1.82, 2.24) is 9.38 Å². The molecule has 0 fully saturated rings. The summed E-state index contributed by atoms with van der Waals surface area (Å²) in [6, 6.07) is 4.03. The molecule has 0 unspecified atom stereocenters. The Morgan fingerprint density at radius 2 is 2.27 bits per heavy atom. The van der Waals surface area contributed by atoms with E-state index in [1.54, 1.807) is 6.92 Å². The summed E-state index contributed by atoms with van der Waals surface area (Å²) in [5.74, 6) is 0.966. The third-order valence-corrected chi connectivity index (χ3v) is 2.52. The summed E-state index contributed by atoms with van der Waals surface area (Å²) < 4.78 is 1.99. The van der Waals surface area contributed by atoms with E-state index in [1.807, 2.05) is 36.6 Å². The van der Waals surface area contributed by atoms with E-state index in [4.69, 9.17) is 0 Å². The smallest absolute Gasteiger partial charge is 0.180 e. The van der Waals surface area contributed by atoms with Gasteiger partial charge < -0.3 is 4.40 Å². The maximum absolute atomic E-state index is 11.4. The molecule has 0 radical (unpaired) electrons. The predicted octanol–water partition coefficient (Wildman–Crippen LogP) is 2.41. The van der Waals surface area contributed by atoms with E-state index < -0.39 is 0 Å². The van der Waals surface area contributed by atoms with Crippen LogP contribution in [0, 0.1) is 6.92 Å². The van der Waals surface area contributed by atoms with Crippen molar-refractivity contribution in [2.24, 2.45) is 0 Å². The van der Waals surface area contributed by atoms with Gasteiger partial charge in [0, 0.05) is 19.5 Å². The molecule has 0 N–H and O–H groups in total. The van der Waals surface area contributed by atoms with Gasteiger partial charge in [-0.3, -0.25) is 4.79 Å². The van der Waals surface area contributed by atoms with Crippen molar-refractivity contribution in [3.8, 4) is 0 Å². The number of hydrogen-bond acceptors (Lipinski definition) is 2. The van der Waals surface area contributed by atoms with Crippen LogP contribution in [0.25, 0.3) is 5.52 Å². The molecule has 2 aromatic heterocycles. The Balaban J connectivity index is 2.81. The number of hydrogen-bond donors (Lipinski definition) is 0. The van der Waals surface area contributed by atoms with E-state index >= 15 is 0 Å². The molecule has 0 saturated heterocycles. The van der Waals surface area contributed by atoms with Gasteiger partial charge >= 0.3 is 0 Å². The van der Waals surface area contributed by atoms with Crippen LogP contribution in [-0.2, 0) is 6.42 Å². The molecule has 15 heavy (non-hydrogen) atoms. The molecule has 0 aromatic carbocycles. The summed E-state index contributed by atoms with van der Waals surface area (Å²) in [6.45, 7) is 5.62. The zero-order chi connectivity index (χ0) is 11.0. The number of nitrogens with zero attached hydrogens (tertiary/aromatic N) is 2. The highest BCUT2D eigenvalue weighted by Gasteiger charge is 2.12. The maximum atomic E-state index is 11.4. The van der Waals surface area contributed by atoms with Crippen LogP contribution in [0.4, 0.5) is 0 Å². The second-order valence-corrected chi connectivity index (χ2v) is 3.75. The lowest BCUT2D eigenvalue weighted by atomic mass is 10.2. The molecule has 0 aliphatic carbocycles. The van der Waals surface area contributed by atoms with Crippen LogP contribution < -0.4 is 0 Å². The second kappa shape index (κ2) is 3.50. The normalized spacial score (nSPS) is 10.9. The summed E-state index contributed by atoms with van der Waals surface area (Å²) in [5, 5.41) is 0. The van der Waals surface area contributed by atoms with Crippen molar-refractivity contribution < 1.29 is 4.79 Å². The Morgan fingerprint density at radius 1 is 1.53 bits per heavy atom. The number of carbonyl (C=O) groups excluding carboxylic acids is 1. The lowest BCUT2D eigenvalue weighted by Crippen LogP contribution is -1.93. The monoisotopic (exact) mass is 202 g/mol. The Hall–Kier alpha value is -1.64. The highest BCUT2D eigenvalue weighted by atomic mass is 16.1. The van der Waals surface area contributed by atoms with Crippen molar-refractivity contribution in [2.75, 3.05) is 0 Å². The van der Waals surface area contributed by atoms with Gasteiger partial charge in [0.2, 0.25) is 0 Å². The molecule has 0 bridgehead atoms. The highest BCUT2D eigenvalue weighted by molar-refractivity contribution is 5.99. The molecule has 2 heterocycles. The second-order valence-electron chi connectivity index (χ2n) is 3.75. The van der Waals surface area contributed by atoms with Crippen molar-refractivity contribution in [1.29, 1.82) is 0 Å². The van der Waals surface area contributed by atoms with Crippen molar-refractivity contribution in [3.05, 3.63) is 35.4 Å². The lowest BCUT2D eigenvalue weighted by Gasteiger charge is -1.99. The minimum absolute atomic E-state index is 0.0257. The van der Waals surface area contributed by atoms with Gasteiger partial charge in [0.15, 0.2) is 5.78 Å². The van der Waals surface area contributed by atoms with Gasteiger partial charge in [0.25, 0.3) is 0 Å². The third-order valence-electron chi connectivity index (χ3n) is 2.52. The lowest BCUT2D eigenvalue weighted by molar-refractivity contribution is 0.101. The Morgan fingerprint density at radius 3 is 2.87 bits per heavy atom. The van der Waals surface area contributed by atoms with Gasteiger partial charge in [-0.25, -0.2) is 4.98 Å². The number of imidazole rings is 1. The standard InChI is InChI=1S/C12H14N2O/c1-4-11-13-12(9(3)15)10-7-8(2)5-6-14(10)11/h5-7H,4H2,1-3H3. The summed E-state index contributed by atoms with van der Waals surface area (Å²) in [7, 11) is 0. The number of fused-ring (bicyclic) bond motifs is 1. The van der Waals surface area contributed by atoms with Crippen LogP contribution in [-0.4, -0.2) is 15.2 Å². The van der Waals surface area contributed by atoms with Crippen LogP contribution in [0.3, 0.4) is 0 Å². The number of pyridine rings is 1.